The highest BCUT2D eigenvalue weighted by Crippen LogP contribution is 2.19. The fraction of sp³-hybridized carbons (Fsp3) is 0.611. The number of benzene rings is 1. The van der Waals surface area contributed by atoms with Crippen LogP contribution in [0.15, 0.2) is 24.3 Å². The third kappa shape index (κ3) is 6.06. The second-order valence-electron chi connectivity index (χ2n) is 5.83. The number of unbranched alkanes of at least 4 members (excludes halogenated alkanes) is 1. The summed E-state index contributed by atoms with van der Waals surface area (Å²) in [6.45, 7) is 3.90. The van der Waals surface area contributed by atoms with Gasteiger partial charge in [-0.15, -0.1) is 0 Å². The van der Waals surface area contributed by atoms with E-state index in [4.69, 9.17) is 9.47 Å². The van der Waals surface area contributed by atoms with E-state index in [1.807, 2.05) is 12.1 Å². The number of carbonyl (C=O) groups excluding carboxylic acids is 1. The summed E-state index contributed by atoms with van der Waals surface area (Å²) >= 11 is 0. The number of rotatable bonds is 8. The van der Waals surface area contributed by atoms with Crippen LogP contribution in [0, 0.1) is 0 Å². The van der Waals surface area contributed by atoms with Crippen molar-refractivity contribution in [3.05, 3.63) is 24.3 Å². The number of hydrogen-bond donors (Lipinski definition) is 1. The minimum Gasteiger partial charge on any atom is -0.494 e. The molecule has 0 spiro atoms. The molecule has 1 aromatic carbocycles. The van der Waals surface area contributed by atoms with Crippen molar-refractivity contribution in [2.24, 2.45) is 0 Å². The van der Waals surface area contributed by atoms with Crippen molar-refractivity contribution in [3.8, 4) is 11.5 Å². The number of esters is 1. The van der Waals surface area contributed by atoms with Crippen LogP contribution in [0.4, 0.5) is 0 Å². The maximum absolute atomic E-state index is 11.5. The van der Waals surface area contributed by atoms with Gasteiger partial charge in [0, 0.05) is 12.5 Å². The zero-order chi connectivity index (χ0) is 15.6. The standard InChI is InChI=1S/C18H27NO3/c1-2-3-7-18(20)22-17-10-8-16(9-11-17)21-14-12-15-6-4-5-13-19-15/h8-11,15,19H,2-7,12-14H2,1H3. The molecule has 0 saturated carbocycles. The predicted molar refractivity (Wildman–Crippen MR) is 87.4 cm³/mol. The van der Waals surface area contributed by atoms with Gasteiger partial charge in [-0.3, -0.25) is 4.79 Å². The second kappa shape index (κ2) is 9.46. The molecule has 0 bridgehead atoms. The zero-order valence-electron chi connectivity index (χ0n) is 13.5. The minimum absolute atomic E-state index is 0.168. The Hall–Kier alpha value is -1.55. The third-order valence-corrected chi connectivity index (χ3v) is 3.94. The molecule has 1 fully saturated rings. The van der Waals surface area contributed by atoms with Crippen LogP contribution in [0.1, 0.15) is 51.9 Å². The van der Waals surface area contributed by atoms with Crippen molar-refractivity contribution < 1.29 is 14.3 Å². The molecule has 22 heavy (non-hydrogen) atoms. The van der Waals surface area contributed by atoms with Gasteiger partial charge in [-0.2, -0.15) is 0 Å². The van der Waals surface area contributed by atoms with Crippen molar-refractivity contribution in [1.82, 2.24) is 5.32 Å². The monoisotopic (exact) mass is 305 g/mol. The van der Waals surface area contributed by atoms with Crippen LogP contribution in [-0.4, -0.2) is 25.2 Å². The molecule has 1 saturated heterocycles. The summed E-state index contributed by atoms with van der Waals surface area (Å²) < 4.78 is 11.0. The molecule has 2 rings (SSSR count). The Morgan fingerprint density at radius 1 is 1.23 bits per heavy atom. The Labute approximate surface area is 133 Å². The molecule has 0 aliphatic carbocycles. The first-order valence-electron chi connectivity index (χ1n) is 8.45. The molecular formula is C18H27NO3. The Morgan fingerprint density at radius 2 is 2.00 bits per heavy atom. The number of carbonyl (C=O) groups is 1. The van der Waals surface area contributed by atoms with Gasteiger partial charge in [0.25, 0.3) is 0 Å². The van der Waals surface area contributed by atoms with Crippen molar-refractivity contribution in [1.29, 1.82) is 0 Å². The van der Waals surface area contributed by atoms with Crippen LogP contribution in [0.2, 0.25) is 0 Å². The summed E-state index contributed by atoms with van der Waals surface area (Å²) in [7, 11) is 0. The van der Waals surface area contributed by atoms with Crippen molar-refractivity contribution in [2.45, 2.75) is 57.9 Å². The van der Waals surface area contributed by atoms with E-state index >= 15 is 0 Å². The van der Waals surface area contributed by atoms with Crippen LogP contribution >= 0.6 is 0 Å². The molecule has 1 heterocycles. The van der Waals surface area contributed by atoms with Gasteiger partial charge >= 0.3 is 5.97 Å². The van der Waals surface area contributed by atoms with Crippen LogP contribution in [0.3, 0.4) is 0 Å². The van der Waals surface area contributed by atoms with Crippen LogP contribution in [-0.2, 0) is 4.79 Å². The topological polar surface area (TPSA) is 47.6 Å². The highest BCUT2D eigenvalue weighted by Gasteiger charge is 2.12. The van der Waals surface area contributed by atoms with E-state index < -0.39 is 0 Å². The summed E-state index contributed by atoms with van der Waals surface area (Å²) in [5, 5.41) is 3.52. The molecule has 1 aliphatic rings. The summed E-state index contributed by atoms with van der Waals surface area (Å²) in [5.74, 6) is 1.24. The maximum atomic E-state index is 11.5. The lowest BCUT2D eigenvalue weighted by molar-refractivity contribution is -0.134. The molecule has 0 amide bonds. The summed E-state index contributed by atoms with van der Waals surface area (Å²) in [5.41, 5.74) is 0. The van der Waals surface area contributed by atoms with E-state index in [-0.39, 0.29) is 5.97 Å². The largest absolute Gasteiger partial charge is 0.494 e. The van der Waals surface area contributed by atoms with E-state index in [0.717, 1.165) is 31.6 Å². The van der Waals surface area contributed by atoms with Gasteiger partial charge in [0.2, 0.25) is 0 Å². The Bertz CT molecular complexity index is 438. The summed E-state index contributed by atoms with van der Waals surface area (Å²) in [6.07, 6.45) is 7.23. The molecule has 0 aromatic heterocycles. The van der Waals surface area contributed by atoms with E-state index in [1.165, 1.54) is 19.3 Å². The first-order chi connectivity index (χ1) is 10.8. The number of hydrogen-bond acceptors (Lipinski definition) is 4. The van der Waals surface area contributed by atoms with Crippen LogP contribution < -0.4 is 14.8 Å². The number of nitrogens with one attached hydrogen (secondary N) is 1. The van der Waals surface area contributed by atoms with Crippen LogP contribution in [0.25, 0.3) is 0 Å². The molecule has 0 radical (unpaired) electrons. The average molecular weight is 305 g/mol. The van der Waals surface area contributed by atoms with E-state index in [1.54, 1.807) is 12.1 Å². The van der Waals surface area contributed by atoms with Crippen molar-refractivity contribution in [3.63, 3.8) is 0 Å². The van der Waals surface area contributed by atoms with Gasteiger partial charge in [0.05, 0.1) is 6.61 Å². The highest BCUT2D eigenvalue weighted by atomic mass is 16.5. The quantitative estimate of drug-likeness (QED) is 0.588. The normalized spacial score (nSPS) is 18.0. The van der Waals surface area contributed by atoms with Crippen molar-refractivity contribution >= 4 is 5.97 Å². The summed E-state index contributed by atoms with van der Waals surface area (Å²) in [6, 6.07) is 7.89. The van der Waals surface area contributed by atoms with Gasteiger partial charge in [-0.25, -0.2) is 0 Å². The highest BCUT2D eigenvalue weighted by molar-refractivity contribution is 5.72. The third-order valence-electron chi connectivity index (χ3n) is 3.94. The molecule has 4 nitrogen and oxygen atoms in total. The van der Waals surface area contributed by atoms with Gasteiger partial charge in [-0.05, 0) is 56.5 Å². The smallest absolute Gasteiger partial charge is 0.311 e. The second-order valence-corrected chi connectivity index (χ2v) is 5.83. The first kappa shape index (κ1) is 16.8. The molecule has 1 N–H and O–H groups in total. The van der Waals surface area contributed by atoms with E-state index in [2.05, 4.69) is 12.2 Å². The first-order valence-corrected chi connectivity index (χ1v) is 8.45. The Kier molecular flexibility index (Phi) is 7.23. The molecule has 1 atom stereocenters. The molecular weight excluding hydrogens is 278 g/mol. The summed E-state index contributed by atoms with van der Waals surface area (Å²) in [4.78, 5) is 11.5. The fourth-order valence-electron chi connectivity index (χ4n) is 2.60. The van der Waals surface area contributed by atoms with E-state index in [0.29, 0.717) is 24.8 Å². The average Bonchev–Trinajstić information content (AvgIpc) is 2.55. The van der Waals surface area contributed by atoms with Crippen molar-refractivity contribution in [2.75, 3.05) is 13.2 Å². The lowest BCUT2D eigenvalue weighted by atomic mass is 10.0. The maximum Gasteiger partial charge on any atom is 0.311 e. The van der Waals surface area contributed by atoms with Gasteiger partial charge in [-0.1, -0.05) is 19.8 Å². The number of piperidine rings is 1. The van der Waals surface area contributed by atoms with Gasteiger partial charge in [0.15, 0.2) is 0 Å². The fourth-order valence-corrected chi connectivity index (χ4v) is 2.60. The molecule has 122 valence electrons. The van der Waals surface area contributed by atoms with Crippen LogP contribution in [0.5, 0.6) is 11.5 Å². The molecule has 4 heteroatoms. The molecule has 1 aliphatic heterocycles. The van der Waals surface area contributed by atoms with Gasteiger partial charge in [0.1, 0.15) is 11.5 Å². The minimum atomic E-state index is -0.168. The molecule has 1 aromatic rings. The lowest BCUT2D eigenvalue weighted by Crippen LogP contribution is -2.35. The van der Waals surface area contributed by atoms with E-state index in [9.17, 15) is 4.79 Å². The SMILES string of the molecule is CCCCC(=O)Oc1ccc(OCCC2CCCCN2)cc1. The molecule has 1 unspecified atom stereocenters. The Morgan fingerprint density at radius 3 is 2.68 bits per heavy atom. The predicted octanol–water partition coefficient (Wildman–Crippen LogP) is 3.69. The number of ether oxygens (including phenoxy) is 2. The lowest BCUT2D eigenvalue weighted by Gasteiger charge is -2.23. The van der Waals surface area contributed by atoms with Gasteiger partial charge < -0.3 is 14.8 Å². The zero-order valence-corrected chi connectivity index (χ0v) is 13.5. The Balaban J connectivity index is 1.68.